The number of amides is 2. The van der Waals surface area contributed by atoms with Gasteiger partial charge in [0.25, 0.3) is 5.91 Å². The first-order valence-corrected chi connectivity index (χ1v) is 6.49. The number of anilines is 2. The fraction of sp³-hybridized carbons (Fsp3) is 0.357. The molecule has 21 heavy (non-hydrogen) atoms. The van der Waals surface area contributed by atoms with E-state index < -0.39 is 12.0 Å². The Balaban J connectivity index is 2.25. The molecule has 1 saturated heterocycles. The Hall–Kier alpha value is -2.57. The number of nitrogens with one attached hydrogen (secondary N) is 1. The summed E-state index contributed by atoms with van der Waals surface area (Å²) in [5, 5.41) is 2.99. The number of hydrogen-bond donors (Lipinski definition) is 2. The molecular formula is C14H17N3O4. The van der Waals surface area contributed by atoms with Crippen LogP contribution in [0, 0.1) is 0 Å². The smallest absolute Gasteiger partial charge is 0.340 e. The Labute approximate surface area is 122 Å². The predicted molar refractivity (Wildman–Crippen MR) is 76.6 cm³/mol. The fourth-order valence-corrected chi connectivity index (χ4v) is 2.20. The Bertz CT molecular complexity index is 600. The van der Waals surface area contributed by atoms with E-state index in [9.17, 15) is 14.4 Å². The lowest BCUT2D eigenvalue weighted by Gasteiger charge is -2.29. The van der Waals surface area contributed by atoms with E-state index >= 15 is 0 Å². The van der Waals surface area contributed by atoms with Gasteiger partial charge in [0.2, 0.25) is 5.91 Å². The number of rotatable bonds is 3. The minimum atomic E-state index is -0.556. The number of likely N-dealkylation sites (N-methyl/N-ethyl adjacent to an activating group) is 1. The third-order valence-corrected chi connectivity index (χ3v) is 3.43. The van der Waals surface area contributed by atoms with E-state index in [-0.39, 0.29) is 23.8 Å². The molecule has 1 unspecified atom stereocenters. The second-order valence-corrected chi connectivity index (χ2v) is 4.82. The van der Waals surface area contributed by atoms with Crippen molar-refractivity contribution in [3.8, 4) is 0 Å². The van der Waals surface area contributed by atoms with E-state index in [4.69, 9.17) is 10.5 Å². The Morgan fingerprint density at radius 1 is 1.43 bits per heavy atom. The summed E-state index contributed by atoms with van der Waals surface area (Å²) >= 11 is 0. The number of methoxy groups -OCH3 is 1. The number of piperidine rings is 1. The third-order valence-electron chi connectivity index (χ3n) is 3.43. The number of imide groups is 1. The van der Waals surface area contributed by atoms with Crippen LogP contribution in [-0.4, -0.2) is 42.9 Å². The van der Waals surface area contributed by atoms with E-state index in [1.807, 2.05) is 0 Å². The molecule has 1 aliphatic rings. The molecule has 0 bridgehead atoms. The Kier molecular flexibility index (Phi) is 4.11. The molecule has 7 nitrogen and oxygen atoms in total. The number of likely N-dealkylation sites (tertiary alicyclic amines) is 1. The van der Waals surface area contributed by atoms with Gasteiger partial charge >= 0.3 is 5.97 Å². The highest BCUT2D eigenvalue weighted by Crippen LogP contribution is 2.23. The maximum atomic E-state index is 12.1. The second-order valence-electron chi connectivity index (χ2n) is 4.82. The SMILES string of the molecule is COC(=O)c1cc(N)ccc1NC1CCC(=O)N(C)C1=O. The van der Waals surface area contributed by atoms with Crippen LogP contribution >= 0.6 is 0 Å². The Morgan fingerprint density at radius 2 is 2.14 bits per heavy atom. The molecule has 1 aliphatic heterocycles. The first kappa shape index (κ1) is 14.8. The molecule has 0 aromatic heterocycles. The molecule has 112 valence electrons. The van der Waals surface area contributed by atoms with Crippen molar-refractivity contribution in [3.05, 3.63) is 23.8 Å². The number of hydrogen-bond acceptors (Lipinski definition) is 6. The summed E-state index contributed by atoms with van der Waals surface area (Å²) in [4.78, 5) is 36.4. The molecule has 1 aromatic rings. The van der Waals surface area contributed by atoms with Gasteiger partial charge in [-0.3, -0.25) is 14.5 Å². The van der Waals surface area contributed by atoms with E-state index in [2.05, 4.69) is 5.32 Å². The largest absolute Gasteiger partial charge is 0.465 e. The monoisotopic (exact) mass is 291 g/mol. The maximum Gasteiger partial charge on any atom is 0.340 e. The molecular weight excluding hydrogens is 274 g/mol. The number of ether oxygens (including phenoxy) is 1. The minimum absolute atomic E-state index is 0.205. The first-order valence-electron chi connectivity index (χ1n) is 6.49. The van der Waals surface area contributed by atoms with Crippen molar-refractivity contribution in [3.63, 3.8) is 0 Å². The molecule has 2 rings (SSSR count). The summed E-state index contributed by atoms with van der Waals surface area (Å²) in [6, 6.07) is 4.17. The average molecular weight is 291 g/mol. The van der Waals surface area contributed by atoms with E-state index in [1.165, 1.54) is 20.2 Å². The van der Waals surface area contributed by atoms with Gasteiger partial charge in [0.1, 0.15) is 6.04 Å². The van der Waals surface area contributed by atoms with Gasteiger partial charge in [-0.05, 0) is 24.6 Å². The number of nitrogens with two attached hydrogens (primary N) is 1. The molecule has 1 atom stereocenters. The van der Waals surface area contributed by atoms with Crippen LogP contribution in [0.2, 0.25) is 0 Å². The number of nitrogen functional groups attached to an aromatic ring is 1. The zero-order chi connectivity index (χ0) is 15.6. The summed E-state index contributed by atoms with van der Waals surface area (Å²) in [7, 11) is 2.72. The van der Waals surface area contributed by atoms with Crippen LogP contribution in [0.5, 0.6) is 0 Å². The van der Waals surface area contributed by atoms with Gasteiger partial charge < -0.3 is 15.8 Å². The van der Waals surface area contributed by atoms with Gasteiger partial charge in [-0.1, -0.05) is 0 Å². The van der Waals surface area contributed by atoms with Crippen molar-refractivity contribution in [2.24, 2.45) is 0 Å². The van der Waals surface area contributed by atoms with Crippen molar-refractivity contribution in [1.82, 2.24) is 4.90 Å². The van der Waals surface area contributed by atoms with Crippen LogP contribution in [-0.2, 0) is 14.3 Å². The summed E-state index contributed by atoms with van der Waals surface area (Å²) in [5.74, 6) is -1.07. The molecule has 1 fully saturated rings. The van der Waals surface area contributed by atoms with Crippen LogP contribution in [0.15, 0.2) is 18.2 Å². The highest BCUT2D eigenvalue weighted by molar-refractivity contribution is 6.02. The van der Waals surface area contributed by atoms with Gasteiger partial charge in [0.15, 0.2) is 0 Å². The van der Waals surface area contributed by atoms with Crippen LogP contribution in [0.3, 0.4) is 0 Å². The highest BCUT2D eigenvalue weighted by atomic mass is 16.5. The fourth-order valence-electron chi connectivity index (χ4n) is 2.20. The number of carbonyl (C=O) groups is 3. The predicted octanol–water partition coefficient (Wildman–Crippen LogP) is 0.615. The standard InChI is InChI=1S/C14H17N3O4/c1-17-12(18)6-5-11(13(17)19)16-10-4-3-8(15)7-9(10)14(20)21-2/h3-4,7,11,16H,5-6,15H2,1-2H3. The molecule has 1 aromatic carbocycles. The summed E-state index contributed by atoms with van der Waals surface area (Å²) < 4.78 is 4.70. The van der Waals surface area contributed by atoms with Gasteiger partial charge in [0, 0.05) is 24.8 Å². The van der Waals surface area contributed by atoms with E-state index in [0.717, 1.165) is 4.90 Å². The normalized spacial score (nSPS) is 18.6. The van der Waals surface area contributed by atoms with E-state index in [0.29, 0.717) is 17.8 Å². The molecule has 2 amide bonds. The van der Waals surface area contributed by atoms with Crippen LogP contribution in [0.4, 0.5) is 11.4 Å². The lowest BCUT2D eigenvalue weighted by molar-refractivity contribution is -0.146. The van der Waals surface area contributed by atoms with Crippen LogP contribution < -0.4 is 11.1 Å². The molecule has 1 heterocycles. The summed E-state index contributed by atoms with van der Waals surface area (Å²) in [6.45, 7) is 0. The van der Waals surface area contributed by atoms with Crippen molar-refractivity contribution in [1.29, 1.82) is 0 Å². The lowest BCUT2D eigenvalue weighted by atomic mass is 10.0. The van der Waals surface area contributed by atoms with Crippen LogP contribution in [0.25, 0.3) is 0 Å². The Morgan fingerprint density at radius 3 is 2.81 bits per heavy atom. The molecule has 0 saturated carbocycles. The van der Waals surface area contributed by atoms with Crippen molar-refractivity contribution < 1.29 is 19.1 Å². The summed E-state index contributed by atoms with van der Waals surface area (Å²) in [6.07, 6.45) is 0.662. The number of carbonyl (C=O) groups excluding carboxylic acids is 3. The topological polar surface area (TPSA) is 102 Å². The zero-order valence-electron chi connectivity index (χ0n) is 11.9. The molecule has 0 spiro atoms. The zero-order valence-corrected chi connectivity index (χ0v) is 11.9. The minimum Gasteiger partial charge on any atom is -0.465 e. The summed E-state index contributed by atoms with van der Waals surface area (Å²) in [5.41, 5.74) is 6.80. The van der Waals surface area contributed by atoms with Crippen molar-refractivity contribution in [2.75, 3.05) is 25.2 Å². The lowest BCUT2D eigenvalue weighted by Crippen LogP contribution is -2.48. The van der Waals surface area contributed by atoms with Crippen molar-refractivity contribution >= 4 is 29.2 Å². The molecule has 0 aliphatic carbocycles. The average Bonchev–Trinajstić information content (AvgIpc) is 2.48. The second kappa shape index (κ2) is 5.82. The maximum absolute atomic E-state index is 12.1. The molecule has 0 radical (unpaired) electrons. The van der Waals surface area contributed by atoms with Gasteiger partial charge in [0.05, 0.1) is 12.7 Å². The van der Waals surface area contributed by atoms with Gasteiger partial charge in [-0.25, -0.2) is 4.79 Å². The number of nitrogens with zero attached hydrogens (tertiary/aromatic N) is 1. The van der Waals surface area contributed by atoms with Gasteiger partial charge in [-0.2, -0.15) is 0 Å². The molecule has 3 N–H and O–H groups in total. The van der Waals surface area contributed by atoms with Crippen LogP contribution in [0.1, 0.15) is 23.2 Å². The van der Waals surface area contributed by atoms with Crippen molar-refractivity contribution in [2.45, 2.75) is 18.9 Å². The quantitative estimate of drug-likeness (QED) is 0.481. The first-order chi connectivity index (χ1) is 9.93. The number of benzene rings is 1. The molecule has 7 heteroatoms. The number of esters is 1. The highest BCUT2D eigenvalue weighted by Gasteiger charge is 2.32. The van der Waals surface area contributed by atoms with Gasteiger partial charge in [-0.15, -0.1) is 0 Å². The third kappa shape index (κ3) is 2.96. The van der Waals surface area contributed by atoms with E-state index in [1.54, 1.807) is 12.1 Å².